The molecule has 5 nitrogen and oxygen atoms in total. The minimum atomic E-state index is -0.427. The largest absolute Gasteiger partial charge is 0.492 e. The molecule has 3 aromatic rings. The van der Waals surface area contributed by atoms with Gasteiger partial charge in [0.1, 0.15) is 5.75 Å². The second-order valence-electron chi connectivity index (χ2n) is 6.25. The molecule has 0 aliphatic rings. The average Bonchev–Trinajstić information content (AvgIpc) is 2.75. The molecule has 0 saturated heterocycles. The summed E-state index contributed by atoms with van der Waals surface area (Å²) in [5.41, 5.74) is 2.57. The summed E-state index contributed by atoms with van der Waals surface area (Å²) in [5.74, 6) is -0.219. The van der Waals surface area contributed by atoms with Crippen LogP contribution in [-0.2, 0) is 11.2 Å². The van der Waals surface area contributed by atoms with Crippen LogP contribution in [0.3, 0.4) is 0 Å². The quantitative estimate of drug-likeness (QED) is 0.504. The van der Waals surface area contributed by atoms with Crippen molar-refractivity contribution in [2.24, 2.45) is 0 Å². The lowest BCUT2D eigenvalue weighted by Crippen LogP contribution is -2.14. The summed E-state index contributed by atoms with van der Waals surface area (Å²) in [6, 6.07) is 21.8. The SMILES string of the molecule is COC(=O)c1ccc(NC(=O)c2cc(Br)ccc2OCCc2ccccc2)cc1. The number of anilines is 1. The molecular formula is C23H20BrNO4. The Labute approximate surface area is 177 Å². The summed E-state index contributed by atoms with van der Waals surface area (Å²) in [7, 11) is 1.32. The summed E-state index contributed by atoms with van der Waals surface area (Å²) in [6.07, 6.45) is 0.743. The Morgan fingerprint density at radius 2 is 1.69 bits per heavy atom. The van der Waals surface area contributed by atoms with Crippen molar-refractivity contribution in [3.8, 4) is 5.75 Å². The van der Waals surface area contributed by atoms with Gasteiger partial charge < -0.3 is 14.8 Å². The zero-order chi connectivity index (χ0) is 20.6. The molecule has 0 unspecified atom stereocenters. The molecule has 148 valence electrons. The van der Waals surface area contributed by atoms with Crippen molar-refractivity contribution in [2.45, 2.75) is 6.42 Å². The normalized spacial score (nSPS) is 10.3. The minimum Gasteiger partial charge on any atom is -0.492 e. The maximum Gasteiger partial charge on any atom is 0.337 e. The second-order valence-corrected chi connectivity index (χ2v) is 7.16. The predicted molar refractivity (Wildman–Crippen MR) is 116 cm³/mol. The molecule has 3 aromatic carbocycles. The predicted octanol–water partition coefficient (Wildman–Crippen LogP) is 5.11. The van der Waals surface area contributed by atoms with Gasteiger partial charge in [-0.2, -0.15) is 0 Å². The Bertz CT molecular complexity index is 988. The van der Waals surface area contributed by atoms with E-state index in [1.54, 1.807) is 36.4 Å². The van der Waals surface area contributed by atoms with Crippen LogP contribution in [0.25, 0.3) is 0 Å². The summed E-state index contributed by atoms with van der Waals surface area (Å²) in [5, 5.41) is 2.83. The van der Waals surface area contributed by atoms with E-state index in [2.05, 4.69) is 26.0 Å². The lowest BCUT2D eigenvalue weighted by atomic mass is 10.1. The molecule has 0 fully saturated rings. The summed E-state index contributed by atoms with van der Waals surface area (Å²) in [6.45, 7) is 0.458. The van der Waals surface area contributed by atoms with Crippen molar-refractivity contribution < 1.29 is 19.1 Å². The van der Waals surface area contributed by atoms with Gasteiger partial charge in [0, 0.05) is 16.6 Å². The van der Waals surface area contributed by atoms with Crippen molar-refractivity contribution >= 4 is 33.5 Å². The van der Waals surface area contributed by atoms with Crippen molar-refractivity contribution in [1.82, 2.24) is 0 Å². The van der Waals surface area contributed by atoms with Crippen molar-refractivity contribution in [1.29, 1.82) is 0 Å². The number of esters is 1. The minimum absolute atomic E-state index is 0.299. The molecule has 0 spiro atoms. The van der Waals surface area contributed by atoms with E-state index in [0.717, 1.165) is 10.9 Å². The van der Waals surface area contributed by atoms with Crippen LogP contribution in [0.15, 0.2) is 77.3 Å². The Balaban J connectivity index is 1.69. The van der Waals surface area contributed by atoms with Crippen LogP contribution >= 0.6 is 15.9 Å². The smallest absolute Gasteiger partial charge is 0.337 e. The second kappa shape index (κ2) is 9.89. The number of amides is 1. The number of carbonyl (C=O) groups is 2. The third-order valence-electron chi connectivity index (χ3n) is 4.24. The zero-order valence-corrected chi connectivity index (χ0v) is 17.4. The number of halogens is 1. The summed E-state index contributed by atoms with van der Waals surface area (Å²) in [4.78, 5) is 24.3. The van der Waals surface area contributed by atoms with E-state index in [1.807, 2.05) is 36.4 Å². The molecule has 0 radical (unpaired) electrons. The van der Waals surface area contributed by atoms with Gasteiger partial charge in [-0.05, 0) is 48.0 Å². The number of hydrogen-bond acceptors (Lipinski definition) is 4. The van der Waals surface area contributed by atoms with E-state index in [9.17, 15) is 9.59 Å². The van der Waals surface area contributed by atoms with Gasteiger partial charge in [-0.15, -0.1) is 0 Å². The molecule has 0 aliphatic carbocycles. The maximum absolute atomic E-state index is 12.8. The van der Waals surface area contributed by atoms with Gasteiger partial charge in [0.15, 0.2) is 0 Å². The van der Waals surface area contributed by atoms with Crippen LogP contribution in [0.1, 0.15) is 26.3 Å². The van der Waals surface area contributed by atoms with Gasteiger partial charge in [-0.3, -0.25) is 4.79 Å². The third kappa shape index (κ3) is 5.68. The van der Waals surface area contributed by atoms with Crippen molar-refractivity contribution in [3.63, 3.8) is 0 Å². The van der Waals surface area contributed by atoms with E-state index in [-0.39, 0.29) is 5.91 Å². The molecule has 0 aromatic heterocycles. The molecule has 29 heavy (non-hydrogen) atoms. The lowest BCUT2D eigenvalue weighted by molar-refractivity contribution is 0.0600. The van der Waals surface area contributed by atoms with Crippen molar-refractivity contribution in [3.05, 3.63) is 94.0 Å². The molecule has 1 N–H and O–H groups in total. The molecule has 1 amide bonds. The fourth-order valence-electron chi connectivity index (χ4n) is 2.73. The molecular weight excluding hydrogens is 434 g/mol. The Morgan fingerprint density at radius 1 is 0.966 bits per heavy atom. The fraction of sp³-hybridized carbons (Fsp3) is 0.130. The molecule has 3 rings (SSSR count). The van der Waals surface area contributed by atoms with Crippen LogP contribution in [0, 0.1) is 0 Å². The van der Waals surface area contributed by atoms with Gasteiger partial charge in [-0.1, -0.05) is 46.3 Å². The Hall–Kier alpha value is -3.12. The van der Waals surface area contributed by atoms with Gasteiger partial charge in [0.05, 0.1) is 24.8 Å². The third-order valence-corrected chi connectivity index (χ3v) is 4.73. The van der Waals surface area contributed by atoms with E-state index in [4.69, 9.17) is 4.74 Å². The highest BCUT2D eigenvalue weighted by Gasteiger charge is 2.14. The highest BCUT2D eigenvalue weighted by molar-refractivity contribution is 9.10. The number of carbonyl (C=O) groups excluding carboxylic acids is 2. The first kappa shape index (κ1) is 20.6. The van der Waals surface area contributed by atoms with Crippen molar-refractivity contribution in [2.75, 3.05) is 19.0 Å². The first-order valence-corrected chi connectivity index (χ1v) is 9.82. The average molecular weight is 454 g/mol. The van der Waals surface area contributed by atoms with E-state index < -0.39 is 5.97 Å². The Morgan fingerprint density at radius 3 is 2.38 bits per heavy atom. The van der Waals surface area contributed by atoms with Gasteiger partial charge in [0.2, 0.25) is 0 Å². The van der Waals surface area contributed by atoms with Crippen LogP contribution in [-0.4, -0.2) is 25.6 Å². The topological polar surface area (TPSA) is 64.6 Å². The molecule has 0 saturated carbocycles. The molecule has 0 atom stereocenters. The van der Waals surface area contributed by atoms with E-state index >= 15 is 0 Å². The number of methoxy groups -OCH3 is 1. The van der Waals surface area contributed by atoms with Gasteiger partial charge >= 0.3 is 5.97 Å². The Kier molecular flexibility index (Phi) is 7.03. The maximum atomic E-state index is 12.8. The van der Waals surface area contributed by atoms with Crippen LogP contribution < -0.4 is 10.1 Å². The first-order chi connectivity index (χ1) is 14.1. The molecule has 6 heteroatoms. The highest BCUT2D eigenvalue weighted by Crippen LogP contribution is 2.25. The molecule has 0 bridgehead atoms. The fourth-order valence-corrected chi connectivity index (χ4v) is 3.10. The lowest BCUT2D eigenvalue weighted by Gasteiger charge is -2.13. The highest BCUT2D eigenvalue weighted by atomic mass is 79.9. The molecule has 0 heterocycles. The molecule has 0 aliphatic heterocycles. The standard InChI is InChI=1S/C23H20BrNO4/c1-28-23(27)17-7-10-19(11-8-17)25-22(26)20-15-18(24)9-12-21(20)29-14-13-16-5-3-2-4-6-16/h2-12,15H,13-14H2,1H3,(H,25,26). The van der Waals surface area contributed by atoms with Crippen LogP contribution in [0.4, 0.5) is 5.69 Å². The van der Waals surface area contributed by atoms with E-state index in [0.29, 0.717) is 29.2 Å². The number of rotatable bonds is 7. The van der Waals surface area contributed by atoms with Crippen LogP contribution in [0.5, 0.6) is 5.75 Å². The zero-order valence-electron chi connectivity index (χ0n) is 15.9. The van der Waals surface area contributed by atoms with Gasteiger partial charge in [0.25, 0.3) is 5.91 Å². The van der Waals surface area contributed by atoms with Crippen LogP contribution in [0.2, 0.25) is 0 Å². The first-order valence-electron chi connectivity index (χ1n) is 9.03. The number of nitrogens with one attached hydrogen (secondary N) is 1. The number of hydrogen-bond donors (Lipinski definition) is 1. The number of ether oxygens (including phenoxy) is 2. The number of benzene rings is 3. The van der Waals surface area contributed by atoms with E-state index in [1.165, 1.54) is 12.7 Å². The van der Waals surface area contributed by atoms with Gasteiger partial charge in [-0.25, -0.2) is 4.79 Å². The monoisotopic (exact) mass is 453 g/mol. The summed E-state index contributed by atoms with van der Waals surface area (Å²) >= 11 is 3.40. The summed E-state index contributed by atoms with van der Waals surface area (Å²) < 4.78 is 11.3.